The predicted octanol–water partition coefficient (Wildman–Crippen LogP) is 1.98. The van der Waals surface area contributed by atoms with Crippen molar-refractivity contribution in [3.63, 3.8) is 0 Å². The lowest BCUT2D eigenvalue weighted by molar-refractivity contribution is 0.281. The molecule has 0 aliphatic carbocycles. The van der Waals surface area contributed by atoms with E-state index in [4.69, 9.17) is 5.11 Å². The Labute approximate surface area is 74.4 Å². The number of hydrogen-bond donors (Lipinski definition) is 2. The number of aliphatic hydroxyl groups is 1. The second-order valence-electron chi connectivity index (χ2n) is 2.21. The third-order valence-electron chi connectivity index (χ3n) is 1.51. The van der Waals surface area contributed by atoms with Gasteiger partial charge in [-0.05, 0) is 17.7 Å². The second kappa shape index (κ2) is 3.74. The Kier molecular flexibility index (Phi) is 2.91. The second-order valence-corrected chi connectivity index (χ2v) is 3.07. The van der Waals surface area contributed by atoms with Gasteiger partial charge in [-0.15, -0.1) is 0 Å². The van der Waals surface area contributed by atoms with Gasteiger partial charge in [0.2, 0.25) is 0 Å². The average molecular weight is 216 g/mol. The molecule has 0 radical (unpaired) electrons. The van der Waals surface area contributed by atoms with Crippen LogP contribution in [0.1, 0.15) is 5.56 Å². The Bertz CT molecular complexity index is 250. The van der Waals surface area contributed by atoms with Gasteiger partial charge < -0.3 is 10.4 Å². The molecule has 0 amide bonds. The molecular weight excluding hydrogens is 206 g/mol. The highest BCUT2D eigenvalue weighted by Crippen LogP contribution is 2.20. The van der Waals surface area contributed by atoms with Crippen LogP contribution in [-0.2, 0) is 6.61 Å². The lowest BCUT2D eigenvalue weighted by atomic mass is 10.2. The molecule has 0 aromatic heterocycles. The van der Waals surface area contributed by atoms with E-state index in [2.05, 4.69) is 21.2 Å². The Morgan fingerprint density at radius 3 is 2.73 bits per heavy atom. The summed E-state index contributed by atoms with van der Waals surface area (Å²) in [6, 6.07) is 5.75. The third kappa shape index (κ3) is 1.94. The van der Waals surface area contributed by atoms with E-state index in [1.54, 1.807) is 0 Å². The normalized spacial score (nSPS) is 9.73. The first-order valence-electron chi connectivity index (χ1n) is 3.35. The van der Waals surface area contributed by atoms with Crippen molar-refractivity contribution in [2.75, 3.05) is 12.4 Å². The zero-order valence-corrected chi connectivity index (χ0v) is 7.85. The Morgan fingerprint density at radius 2 is 2.27 bits per heavy atom. The molecule has 11 heavy (non-hydrogen) atoms. The van der Waals surface area contributed by atoms with Crippen LogP contribution in [0.3, 0.4) is 0 Å². The van der Waals surface area contributed by atoms with Crippen molar-refractivity contribution >= 4 is 21.6 Å². The molecule has 0 aliphatic heterocycles. The van der Waals surface area contributed by atoms with Crippen molar-refractivity contribution in [1.29, 1.82) is 0 Å². The first-order chi connectivity index (χ1) is 5.27. The fraction of sp³-hybridized carbons (Fsp3) is 0.250. The molecule has 60 valence electrons. The van der Waals surface area contributed by atoms with Gasteiger partial charge in [0.1, 0.15) is 0 Å². The molecule has 0 heterocycles. The molecule has 2 nitrogen and oxygen atoms in total. The molecule has 0 saturated heterocycles. The molecule has 0 saturated carbocycles. The van der Waals surface area contributed by atoms with Gasteiger partial charge in [-0.25, -0.2) is 0 Å². The summed E-state index contributed by atoms with van der Waals surface area (Å²) in [5.41, 5.74) is 1.94. The van der Waals surface area contributed by atoms with Gasteiger partial charge in [0, 0.05) is 17.2 Å². The highest BCUT2D eigenvalue weighted by Gasteiger charge is 1.97. The fourth-order valence-corrected chi connectivity index (χ4v) is 1.34. The topological polar surface area (TPSA) is 32.3 Å². The van der Waals surface area contributed by atoms with E-state index in [1.165, 1.54) is 0 Å². The first kappa shape index (κ1) is 8.56. The Balaban J connectivity index is 2.99. The molecule has 1 rings (SSSR count). The summed E-state index contributed by atoms with van der Waals surface area (Å²) in [6.07, 6.45) is 0. The monoisotopic (exact) mass is 215 g/mol. The molecule has 1 aromatic carbocycles. The molecule has 2 N–H and O–H groups in total. The SMILES string of the molecule is CNc1ccc(CO)c(Br)c1. The molecule has 0 bridgehead atoms. The lowest BCUT2D eigenvalue weighted by Gasteiger charge is -2.03. The van der Waals surface area contributed by atoms with Gasteiger partial charge in [-0.1, -0.05) is 22.0 Å². The number of aliphatic hydroxyl groups excluding tert-OH is 1. The van der Waals surface area contributed by atoms with E-state index in [-0.39, 0.29) is 6.61 Å². The van der Waals surface area contributed by atoms with Crippen LogP contribution in [0.15, 0.2) is 22.7 Å². The van der Waals surface area contributed by atoms with E-state index in [9.17, 15) is 0 Å². The summed E-state index contributed by atoms with van der Waals surface area (Å²) >= 11 is 3.35. The Hall–Kier alpha value is -0.540. The van der Waals surface area contributed by atoms with Crippen LogP contribution in [0.2, 0.25) is 0 Å². The third-order valence-corrected chi connectivity index (χ3v) is 2.25. The number of hydrogen-bond acceptors (Lipinski definition) is 2. The van der Waals surface area contributed by atoms with E-state index < -0.39 is 0 Å². The first-order valence-corrected chi connectivity index (χ1v) is 4.14. The number of halogens is 1. The molecule has 1 aromatic rings. The van der Waals surface area contributed by atoms with Crippen molar-refractivity contribution in [3.8, 4) is 0 Å². The minimum absolute atomic E-state index is 0.0740. The number of rotatable bonds is 2. The zero-order chi connectivity index (χ0) is 8.27. The van der Waals surface area contributed by atoms with Crippen molar-refractivity contribution in [2.45, 2.75) is 6.61 Å². The summed E-state index contributed by atoms with van der Waals surface area (Å²) in [5, 5.41) is 11.8. The fourth-order valence-electron chi connectivity index (χ4n) is 0.831. The summed E-state index contributed by atoms with van der Waals surface area (Å²) in [7, 11) is 1.86. The highest BCUT2D eigenvalue weighted by atomic mass is 79.9. The molecule has 0 spiro atoms. The van der Waals surface area contributed by atoms with E-state index >= 15 is 0 Å². The lowest BCUT2D eigenvalue weighted by Crippen LogP contribution is -1.90. The van der Waals surface area contributed by atoms with Crippen molar-refractivity contribution in [2.24, 2.45) is 0 Å². The van der Waals surface area contributed by atoms with Gasteiger partial charge in [-0.3, -0.25) is 0 Å². The minimum atomic E-state index is 0.0740. The predicted molar refractivity (Wildman–Crippen MR) is 49.6 cm³/mol. The maximum absolute atomic E-state index is 8.83. The molecular formula is C8H10BrNO. The average Bonchev–Trinajstić information content (AvgIpc) is 2.04. The minimum Gasteiger partial charge on any atom is -0.392 e. The van der Waals surface area contributed by atoms with Crippen LogP contribution in [0.25, 0.3) is 0 Å². The molecule has 3 heteroatoms. The van der Waals surface area contributed by atoms with Crippen LogP contribution < -0.4 is 5.32 Å². The molecule has 0 fully saturated rings. The van der Waals surface area contributed by atoms with Crippen LogP contribution >= 0.6 is 15.9 Å². The summed E-state index contributed by atoms with van der Waals surface area (Å²) in [5.74, 6) is 0. The van der Waals surface area contributed by atoms with Gasteiger partial charge >= 0.3 is 0 Å². The van der Waals surface area contributed by atoms with Gasteiger partial charge in [0.05, 0.1) is 6.61 Å². The quantitative estimate of drug-likeness (QED) is 0.792. The van der Waals surface area contributed by atoms with Crippen LogP contribution in [0.5, 0.6) is 0 Å². The molecule has 0 atom stereocenters. The summed E-state index contributed by atoms with van der Waals surface area (Å²) in [4.78, 5) is 0. The highest BCUT2D eigenvalue weighted by molar-refractivity contribution is 9.10. The maximum Gasteiger partial charge on any atom is 0.0692 e. The van der Waals surface area contributed by atoms with E-state index in [0.29, 0.717) is 0 Å². The van der Waals surface area contributed by atoms with Crippen LogP contribution in [0.4, 0.5) is 5.69 Å². The van der Waals surface area contributed by atoms with Crippen molar-refractivity contribution in [3.05, 3.63) is 28.2 Å². The van der Waals surface area contributed by atoms with E-state index in [1.807, 2.05) is 25.2 Å². The van der Waals surface area contributed by atoms with Gasteiger partial charge in [-0.2, -0.15) is 0 Å². The number of nitrogens with one attached hydrogen (secondary N) is 1. The molecule has 0 unspecified atom stereocenters. The molecule has 0 aliphatic rings. The van der Waals surface area contributed by atoms with Crippen LogP contribution in [0, 0.1) is 0 Å². The maximum atomic E-state index is 8.83. The van der Waals surface area contributed by atoms with Crippen molar-refractivity contribution in [1.82, 2.24) is 0 Å². The Morgan fingerprint density at radius 1 is 1.55 bits per heavy atom. The largest absolute Gasteiger partial charge is 0.392 e. The standard InChI is InChI=1S/C8H10BrNO/c1-10-7-3-2-6(5-11)8(9)4-7/h2-4,10-11H,5H2,1H3. The zero-order valence-electron chi connectivity index (χ0n) is 6.26. The smallest absolute Gasteiger partial charge is 0.0692 e. The van der Waals surface area contributed by atoms with Gasteiger partial charge in [0.25, 0.3) is 0 Å². The number of anilines is 1. The van der Waals surface area contributed by atoms with Crippen LogP contribution in [-0.4, -0.2) is 12.2 Å². The summed E-state index contributed by atoms with van der Waals surface area (Å²) < 4.78 is 0.937. The number of benzene rings is 1. The van der Waals surface area contributed by atoms with E-state index in [0.717, 1.165) is 15.7 Å². The van der Waals surface area contributed by atoms with Crippen molar-refractivity contribution < 1.29 is 5.11 Å². The van der Waals surface area contributed by atoms with Gasteiger partial charge in [0.15, 0.2) is 0 Å². The summed E-state index contributed by atoms with van der Waals surface area (Å²) in [6.45, 7) is 0.0740.